The van der Waals surface area contributed by atoms with Gasteiger partial charge in [0, 0.05) is 18.5 Å². The molecule has 0 saturated heterocycles. The summed E-state index contributed by atoms with van der Waals surface area (Å²) in [7, 11) is 4.59. The van der Waals surface area contributed by atoms with Gasteiger partial charge in [-0.15, -0.1) is 0 Å². The minimum atomic E-state index is -0.208. The quantitative estimate of drug-likeness (QED) is 0.225. The second-order valence-electron chi connectivity index (χ2n) is 9.48. The number of aryl methyl sites for hydroxylation is 1. The number of hydrogen-bond donors (Lipinski definition) is 1. The van der Waals surface area contributed by atoms with Crippen molar-refractivity contribution in [2.45, 2.75) is 39.2 Å². The van der Waals surface area contributed by atoms with E-state index in [1.807, 2.05) is 36.4 Å². The van der Waals surface area contributed by atoms with E-state index >= 15 is 0 Å². The van der Waals surface area contributed by atoms with E-state index in [2.05, 4.69) is 35.9 Å². The zero-order chi connectivity index (χ0) is 27.8. The molecule has 0 aliphatic heterocycles. The number of benzene rings is 3. The van der Waals surface area contributed by atoms with Crippen molar-refractivity contribution in [2.75, 3.05) is 34.5 Å². The Morgan fingerprint density at radius 3 is 2.31 bits per heavy atom. The molecule has 0 unspecified atom stereocenters. The lowest BCUT2D eigenvalue weighted by atomic mass is 10.0. The molecule has 4 rings (SSSR count). The first-order valence-electron chi connectivity index (χ1n) is 13.2. The number of fused-ring (bicyclic) bond motifs is 1. The van der Waals surface area contributed by atoms with Crippen molar-refractivity contribution >= 4 is 16.9 Å². The van der Waals surface area contributed by atoms with Crippen LogP contribution in [0.3, 0.4) is 0 Å². The summed E-state index contributed by atoms with van der Waals surface area (Å²) in [6.45, 7) is 6.06. The van der Waals surface area contributed by atoms with Crippen molar-refractivity contribution in [3.05, 3.63) is 77.6 Å². The van der Waals surface area contributed by atoms with Crippen molar-refractivity contribution in [2.24, 2.45) is 0 Å². The zero-order valence-electron chi connectivity index (χ0n) is 23.3. The normalized spacial score (nSPS) is 11.0. The number of carbonyl (C=O) groups is 1. The number of hydrogen-bond acceptors (Lipinski definition) is 6. The molecule has 8 nitrogen and oxygen atoms in total. The SMILES string of the molecule is COc1cc(C(=O)NCCCc2nc3ccccc3n2CCOc2ccccc2C(C)C)cc(OC)c1OC. The molecule has 0 atom stereocenters. The van der Waals surface area contributed by atoms with Crippen LogP contribution in [0.5, 0.6) is 23.0 Å². The third-order valence-corrected chi connectivity index (χ3v) is 6.64. The topological polar surface area (TPSA) is 83.8 Å². The van der Waals surface area contributed by atoms with E-state index in [1.54, 1.807) is 12.1 Å². The average Bonchev–Trinajstić information content (AvgIpc) is 3.31. The second-order valence-corrected chi connectivity index (χ2v) is 9.48. The number of imidazole rings is 1. The molecule has 0 radical (unpaired) electrons. The van der Waals surface area contributed by atoms with Crippen LogP contribution in [0.15, 0.2) is 60.7 Å². The van der Waals surface area contributed by atoms with E-state index in [1.165, 1.54) is 26.9 Å². The molecule has 0 saturated carbocycles. The number of nitrogens with zero attached hydrogens (tertiary/aromatic N) is 2. The molecule has 39 heavy (non-hydrogen) atoms. The molecule has 0 fully saturated rings. The lowest BCUT2D eigenvalue weighted by Gasteiger charge is -2.15. The molecule has 0 bridgehead atoms. The number of rotatable bonds is 13. The minimum Gasteiger partial charge on any atom is -0.493 e. The highest BCUT2D eigenvalue weighted by molar-refractivity contribution is 5.95. The molecule has 0 aliphatic carbocycles. The molecule has 206 valence electrons. The van der Waals surface area contributed by atoms with Gasteiger partial charge in [-0.1, -0.05) is 44.2 Å². The summed E-state index contributed by atoms with van der Waals surface area (Å²) in [4.78, 5) is 17.7. The van der Waals surface area contributed by atoms with Gasteiger partial charge < -0.3 is 28.8 Å². The predicted molar refractivity (Wildman–Crippen MR) is 153 cm³/mol. The van der Waals surface area contributed by atoms with Gasteiger partial charge in [0.25, 0.3) is 5.91 Å². The Balaban J connectivity index is 1.40. The average molecular weight is 532 g/mol. The van der Waals surface area contributed by atoms with E-state index in [4.69, 9.17) is 23.9 Å². The van der Waals surface area contributed by atoms with Crippen molar-refractivity contribution in [3.63, 3.8) is 0 Å². The summed E-state index contributed by atoms with van der Waals surface area (Å²) in [5.41, 5.74) is 3.68. The van der Waals surface area contributed by atoms with Gasteiger partial charge in [0.05, 0.1) is 38.9 Å². The Labute approximate surface area is 229 Å². The summed E-state index contributed by atoms with van der Waals surface area (Å²) < 4.78 is 24.5. The van der Waals surface area contributed by atoms with Crippen molar-refractivity contribution in [3.8, 4) is 23.0 Å². The second kappa shape index (κ2) is 13.0. The lowest BCUT2D eigenvalue weighted by molar-refractivity contribution is 0.0952. The summed E-state index contributed by atoms with van der Waals surface area (Å²) in [6.07, 6.45) is 1.45. The number of amides is 1. The van der Waals surface area contributed by atoms with Crippen LogP contribution < -0.4 is 24.3 Å². The maximum atomic E-state index is 12.9. The van der Waals surface area contributed by atoms with E-state index in [-0.39, 0.29) is 5.91 Å². The number of para-hydroxylation sites is 3. The summed E-state index contributed by atoms with van der Waals surface area (Å²) in [5, 5.41) is 2.99. The van der Waals surface area contributed by atoms with Crippen LogP contribution in [-0.2, 0) is 13.0 Å². The molecular weight excluding hydrogens is 494 g/mol. The molecule has 3 aromatic carbocycles. The minimum absolute atomic E-state index is 0.208. The van der Waals surface area contributed by atoms with Crippen LogP contribution >= 0.6 is 0 Å². The maximum Gasteiger partial charge on any atom is 0.251 e. The molecule has 1 aromatic heterocycles. The van der Waals surface area contributed by atoms with E-state index in [9.17, 15) is 4.79 Å². The summed E-state index contributed by atoms with van der Waals surface area (Å²) in [6, 6.07) is 19.6. The molecular formula is C31H37N3O5. The Morgan fingerprint density at radius 1 is 0.923 bits per heavy atom. The monoisotopic (exact) mass is 531 g/mol. The number of aromatic nitrogens is 2. The fourth-order valence-electron chi connectivity index (χ4n) is 4.66. The van der Waals surface area contributed by atoms with Gasteiger partial charge in [0.15, 0.2) is 11.5 Å². The Morgan fingerprint density at radius 2 is 1.62 bits per heavy atom. The standard InChI is InChI=1S/C31H37N3O5/c1-21(2)23-11-6-9-14-26(23)39-18-17-34-25-13-8-7-12-24(25)33-29(34)15-10-16-32-31(35)22-19-27(36-3)30(38-5)28(20-22)37-4/h6-9,11-14,19-21H,10,15-18H2,1-5H3,(H,32,35). The highest BCUT2D eigenvalue weighted by atomic mass is 16.5. The molecule has 4 aromatic rings. The Hall–Kier alpha value is -4.20. The molecule has 0 aliphatic rings. The van der Waals surface area contributed by atoms with Crippen LogP contribution in [0.4, 0.5) is 0 Å². The van der Waals surface area contributed by atoms with Crippen molar-refractivity contribution in [1.82, 2.24) is 14.9 Å². The highest BCUT2D eigenvalue weighted by Crippen LogP contribution is 2.38. The van der Waals surface area contributed by atoms with Gasteiger partial charge in [-0.2, -0.15) is 0 Å². The van der Waals surface area contributed by atoms with Crippen molar-refractivity contribution in [1.29, 1.82) is 0 Å². The van der Waals surface area contributed by atoms with E-state index < -0.39 is 0 Å². The van der Waals surface area contributed by atoms with E-state index in [0.717, 1.165) is 29.0 Å². The third-order valence-electron chi connectivity index (χ3n) is 6.64. The molecule has 1 heterocycles. The maximum absolute atomic E-state index is 12.9. The summed E-state index contributed by atoms with van der Waals surface area (Å²) >= 11 is 0. The number of ether oxygens (including phenoxy) is 4. The largest absolute Gasteiger partial charge is 0.493 e. The number of nitrogens with one attached hydrogen (secondary N) is 1. The van der Waals surface area contributed by atoms with Gasteiger partial charge in [-0.05, 0) is 48.2 Å². The van der Waals surface area contributed by atoms with Crippen LogP contribution in [0, 0.1) is 0 Å². The predicted octanol–water partition coefficient (Wildman–Crippen LogP) is 5.63. The van der Waals surface area contributed by atoms with Gasteiger partial charge in [-0.25, -0.2) is 4.98 Å². The first-order valence-corrected chi connectivity index (χ1v) is 13.2. The van der Waals surface area contributed by atoms with Gasteiger partial charge >= 0.3 is 0 Å². The van der Waals surface area contributed by atoms with Crippen LogP contribution in [0.1, 0.15) is 47.9 Å². The fourth-order valence-corrected chi connectivity index (χ4v) is 4.66. The van der Waals surface area contributed by atoms with Crippen molar-refractivity contribution < 1.29 is 23.7 Å². The van der Waals surface area contributed by atoms with Crippen LogP contribution in [0.25, 0.3) is 11.0 Å². The summed E-state index contributed by atoms with van der Waals surface area (Å²) in [5.74, 6) is 3.41. The molecule has 1 N–H and O–H groups in total. The molecule has 8 heteroatoms. The van der Waals surface area contributed by atoms with Gasteiger partial charge in [0.1, 0.15) is 18.2 Å². The highest BCUT2D eigenvalue weighted by Gasteiger charge is 2.17. The fraction of sp³-hybridized carbons (Fsp3) is 0.355. The van der Waals surface area contributed by atoms with E-state index in [0.29, 0.717) is 54.8 Å². The third kappa shape index (κ3) is 6.45. The molecule has 0 spiro atoms. The van der Waals surface area contributed by atoms with Crippen LogP contribution in [0.2, 0.25) is 0 Å². The smallest absolute Gasteiger partial charge is 0.251 e. The molecule has 1 amide bonds. The lowest BCUT2D eigenvalue weighted by Crippen LogP contribution is -2.25. The van der Waals surface area contributed by atoms with Crippen LogP contribution in [-0.4, -0.2) is 49.9 Å². The van der Waals surface area contributed by atoms with Gasteiger partial charge in [0.2, 0.25) is 5.75 Å². The van der Waals surface area contributed by atoms with Gasteiger partial charge in [-0.3, -0.25) is 4.79 Å². The first-order chi connectivity index (χ1) is 19.0. The first kappa shape index (κ1) is 27.8. The Kier molecular flexibility index (Phi) is 9.31. The zero-order valence-corrected chi connectivity index (χ0v) is 23.3. The number of methoxy groups -OCH3 is 3. The number of carbonyl (C=O) groups excluding carboxylic acids is 1. The Bertz CT molecular complexity index is 1390.